The molecule has 1 heterocycles. The highest BCUT2D eigenvalue weighted by Crippen LogP contribution is 2.69. The van der Waals surface area contributed by atoms with Crippen LogP contribution in [0.5, 0.6) is 0 Å². The van der Waals surface area contributed by atoms with Gasteiger partial charge in [0, 0.05) is 43.1 Å². The summed E-state index contributed by atoms with van der Waals surface area (Å²) in [7, 11) is 2.96. The molecule has 8 heteroatoms. The van der Waals surface area contributed by atoms with Crippen molar-refractivity contribution in [3.63, 3.8) is 0 Å². The first-order valence-electron chi connectivity index (χ1n) is 11.4. The lowest BCUT2D eigenvalue weighted by atomic mass is 9.37. The van der Waals surface area contributed by atoms with E-state index in [-0.39, 0.29) is 24.0 Å². The van der Waals surface area contributed by atoms with Crippen molar-refractivity contribution in [1.82, 2.24) is 0 Å². The lowest BCUT2D eigenvalue weighted by Crippen LogP contribution is -2.78. The van der Waals surface area contributed by atoms with Crippen LogP contribution in [-0.4, -0.2) is 66.4 Å². The molecule has 1 saturated heterocycles. The zero-order valence-corrected chi connectivity index (χ0v) is 20.0. The number of ketones is 1. The Hall–Kier alpha value is -1.48. The summed E-state index contributed by atoms with van der Waals surface area (Å²) in [6.45, 7) is 8.96. The van der Waals surface area contributed by atoms with Gasteiger partial charge in [0.05, 0.1) is 18.8 Å². The van der Waals surface area contributed by atoms with Gasteiger partial charge in [-0.2, -0.15) is 0 Å². The molecule has 4 aliphatic rings. The minimum absolute atomic E-state index is 0.000251. The molecule has 2 N–H and O–H groups in total. The van der Waals surface area contributed by atoms with Gasteiger partial charge in [0.1, 0.15) is 12.2 Å². The average Bonchev–Trinajstić information content (AvgIpc) is 2.69. The molecule has 0 aromatic heterocycles. The number of hydrogen-bond acceptors (Lipinski definition) is 8. The van der Waals surface area contributed by atoms with E-state index in [1.807, 2.05) is 26.8 Å². The number of allylic oxidation sites excluding steroid dienone is 2. The molecule has 0 amide bonds. The van der Waals surface area contributed by atoms with E-state index in [4.69, 9.17) is 18.9 Å². The molecule has 3 fully saturated rings. The quantitative estimate of drug-likeness (QED) is 0.624. The molecule has 8 nitrogen and oxygen atoms in total. The fourth-order valence-corrected chi connectivity index (χ4v) is 8.04. The molecule has 0 spiro atoms. The fourth-order valence-electron chi connectivity index (χ4n) is 8.04. The smallest absolute Gasteiger partial charge is 0.303 e. The molecule has 32 heavy (non-hydrogen) atoms. The minimum Gasteiger partial charge on any atom is -0.493 e. The lowest BCUT2D eigenvalue weighted by Gasteiger charge is -2.70. The Kier molecular flexibility index (Phi) is 5.56. The van der Waals surface area contributed by atoms with Gasteiger partial charge in [0.15, 0.2) is 12.0 Å². The fraction of sp³-hybridized carbons (Fsp3) is 0.833. The van der Waals surface area contributed by atoms with Crippen molar-refractivity contribution < 1.29 is 38.7 Å². The highest BCUT2D eigenvalue weighted by molar-refractivity contribution is 5.99. The maximum atomic E-state index is 13.9. The van der Waals surface area contributed by atoms with E-state index in [9.17, 15) is 19.8 Å². The van der Waals surface area contributed by atoms with Crippen molar-refractivity contribution in [2.45, 2.75) is 77.7 Å². The number of fused-ring (bicyclic) bond motifs is 2. The average molecular weight is 453 g/mol. The Balaban J connectivity index is 1.99. The number of carbonyl (C=O) groups excluding carboxylic acids is 2. The zero-order valence-electron chi connectivity index (χ0n) is 20.0. The molecule has 0 aromatic rings. The van der Waals surface area contributed by atoms with Crippen LogP contribution in [0, 0.1) is 34.5 Å². The number of hydrogen-bond donors (Lipinski definition) is 2. The van der Waals surface area contributed by atoms with Crippen LogP contribution >= 0.6 is 0 Å². The number of methoxy groups -OCH3 is 2. The molecule has 0 aromatic carbocycles. The predicted octanol–water partition coefficient (Wildman–Crippen LogP) is 1.82. The minimum atomic E-state index is -1.42. The largest absolute Gasteiger partial charge is 0.493 e. The number of aliphatic hydroxyl groups is 2. The van der Waals surface area contributed by atoms with Gasteiger partial charge in [-0.05, 0) is 31.3 Å². The van der Waals surface area contributed by atoms with E-state index in [1.54, 1.807) is 6.92 Å². The third-order valence-electron chi connectivity index (χ3n) is 9.20. The van der Waals surface area contributed by atoms with Crippen LogP contribution in [0.15, 0.2) is 11.8 Å². The Morgan fingerprint density at radius 2 is 1.88 bits per heavy atom. The molecule has 4 rings (SSSR count). The monoisotopic (exact) mass is 452 g/mol. The van der Waals surface area contributed by atoms with Crippen LogP contribution in [-0.2, 0) is 28.5 Å². The van der Waals surface area contributed by atoms with E-state index in [0.29, 0.717) is 12.2 Å². The molecule has 0 radical (unpaired) electrons. The number of carbonyl (C=O) groups is 2. The Labute approximate surface area is 189 Å². The van der Waals surface area contributed by atoms with Gasteiger partial charge < -0.3 is 29.2 Å². The third-order valence-corrected chi connectivity index (χ3v) is 9.20. The van der Waals surface area contributed by atoms with Crippen LogP contribution in [0.3, 0.4) is 0 Å². The van der Waals surface area contributed by atoms with Crippen LogP contribution < -0.4 is 0 Å². The van der Waals surface area contributed by atoms with Crippen molar-refractivity contribution in [1.29, 1.82) is 0 Å². The molecular formula is C24H36O8. The van der Waals surface area contributed by atoms with Crippen molar-refractivity contribution >= 4 is 11.8 Å². The Bertz CT molecular complexity index is 836. The Morgan fingerprint density at radius 1 is 1.22 bits per heavy atom. The van der Waals surface area contributed by atoms with Crippen molar-refractivity contribution in [2.75, 3.05) is 14.2 Å². The molecule has 1 unspecified atom stereocenters. The van der Waals surface area contributed by atoms with Crippen molar-refractivity contribution in [2.24, 2.45) is 34.5 Å². The number of rotatable bonds is 3. The van der Waals surface area contributed by atoms with E-state index in [0.717, 1.165) is 0 Å². The van der Waals surface area contributed by atoms with Crippen molar-refractivity contribution in [3.8, 4) is 0 Å². The molecule has 0 bridgehead atoms. The van der Waals surface area contributed by atoms with Gasteiger partial charge in [-0.3, -0.25) is 9.59 Å². The van der Waals surface area contributed by atoms with Crippen molar-refractivity contribution in [3.05, 3.63) is 11.8 Å². The summed E-state index contributed by atoms with van der Waals surface area (Å²) in [5.74, 6) is -1.41. The summed E-state index contributed by atoms with van der Waals surface area (Å²) < 4.78 is 23.2. The lowest BCUT2D eigenvalue weighted by molar-refractivity contribution is -0.355. The molecule has 11 atom stereocenters. The number of Topliss-reactive ketones (excluding diaryl/α,β-unsaturated/α-hetero) is 1. The van der Waals surface area contributed by atoms with Gasteiger partial charge >= 0.3 is 5.97 Å². The molecule has 2 saturated carbocycles. The van der Waals surface area contributed by atoms with Gasteiger partial charge in [-0.15, -0.1) is 0 Å². The number of aliphatic hydroxyl groups excluding tert-OH is 1. The molecule has 1 aliphatic heterocycles. The predicted molar refractivity (Wildman–Crippen MR) is 113 cm³/mol. The summed E-state index contributed by atoms with van der Waals surface area (Å²) in [5, 5.41) is 22.3. The third kappa shape index (κ3) is 2.89. The van der Waals surface area contributed by atoms with Gasteiger partial charge in [-0.25, -0.2) is 0 Å². The van der Waals surface area contributed by atoms with Crippen LogP contribution in [0.2, 0.25) is 0 Å². The molecule has 180 valence electrons. The van der Waals surface area contributed by atoms with Crippen LogP contribution in [0.1, 0.15) is 47.5 Å². The number of ether oxygens (including phenoxy) is 4. The second kappa shape index (κ2) is 7.52. The summed E-state index contributed by atoms with van der Waals surface area (Å²) in [5.41, 5.74) is -3.12. The van der Waals surface area contributed by atoms with Gasteiger partial charge in [0.25, 0.3) is 0 Å². The summed E-state index contributed by atoms with van der Waals surface area (Å²) >= 11 is 0. The van der Waals surface area contributed by atoms with Crippen LogP contribution in [0.25, 0.3) is 0 Å². The Morgan fingerprint density at radius 3 is 2.44 bits per heavy atom. The van der Waals surface area contributed by atoms with E-state index in [1.165, 1.54) is 21.1 Å². The maximum absolute atomic E-state index is 13.9. The van der Waals surface area contributed by atoms with E-state index in [2.05, 4.69) is 0 Å². The number of esters is 1. The SMILES string of the molecule is COC1=C[C@@H](C)[C@@H]2C[C@H]3OC(O)C[C@H]4[C@](C)(O)[C@H](OC)[C@@H](OC(C)=O)[C@H]([C@@]2(C)C1=O)[C@@]34C. The maximum Gasteiger partial charge on any atom is 0.303 e. The highest BCUT2D eigenvalue weighted by Gasteiger charge is 2.76. The topological polar surface area (TPSA) is 112 Å². The first-order valence-corrected chi connectivity index (χ1v) is 11.4. The standard InChI is InChI=1S/C24H36O8/c1-11-8-14(29-6)20(27)22(3)13(11)9-16-23(4)15(10-17(26)32-16)24(5,28)21(30-7)18(19(22)23)31-12(2)25/h8,11,13,15-19,21,26,28H,9-10H2,1-7H3/t11-,13+,15-,16-,17?,18+,19-,21-,22+,23-,24+/m1/s1. The molecule has 3 aliphatic carbocycles. The normalized spacial score (nSPS) is 52.4. The van der Waals surface area contributed by atoms with Crippen LogP contribution in [0.4, 0.5) is 0 Å². The van der Waals surface area contributed by atoms with E-state index < -0.39 is 58.8 Å². The molecular weight excluding hydrogens is 416 g/mol. The second-order valence-corrected chi connectivity index (χ2v) is 10.7. The van der Waals surface area contributed by atoms with Gasteiger partial charge in [-0.1, -0.05) is 20.8 Å². The van der Waals surface area contributed by atoms with Gasteiger partial charge in [0.2, 0.25) is 5.78 Å². The summed E-state index contributed by atoms with van der Waals surface area (Å²) in [6, 6.07) is 0. The first-order chi connectivity index (χ1) is 14.8. The zero-order chi connectivity index (χ0) is 23.8. The summed E-state index contributed by atoms with van der Waals surface area (Å²) in [4.78, 5) is 26.1. The first kappa shape index (κ1) is 23.7. The summed E-state index contributed by atoms with van der Waals surface area (Å²) in [6.07, 6.45) is -0.627. The van der Waals surface area contributed by atoms with E-state index >= 15 is 0 Å². The second-order valence-electron chi connectivity index (χ2n) is 10.7. The highest BCUT2D eigenvalue weighted by atomic mass is 16.6.